The number of hydrogen-bond donors (Lipinski definition) is 0. The van der Waals surface area contributed by atoms with Crippen molar-refractivity contribution in [2.75, 3.05) is 5.75 Å². The van der Waals surface area contributed by atoms with E-state index in [0.717, 1.165) is 53.1 Å². The van der Waals surface area contributed by atoms with Crippen molar-refractivity contribution in [3.05, 3.63) is 101 Å². The van der Waals surface area contributed by atoms with E-state index < -0.39 is 17.2 Å². The van der Waals surface area contributed by atoms with Crippen LogP contribution < -0.4 is 4.74 Å². The lowest BCUT2D eigenvalue weighted by atomic mass is 10.0. The zero-order valence-electron chi connectivity index (χ0n) is 20.6. The molecule has 1 fully saturated rings. The Balaban J connectivity index is 1.31. The highest BCUT2D eigenvalue weighted by atomic mass is 32.2. The van der Waals surface area contributed by atoms with E-state index >= 15 is 0 Å². The zero-order chi connectivity index (χ0) is 26.3. The first-order chi connectivity index (χ1) is 18.4. The summed E-state index contributed by atoms with van der Waals surface area (Å²) in [6, 6.07) is 15.8. The molecule has 1 unspecified atom stereocenters. The summed E-state index contributed by atoms with van der Waals surface area (Å²) in [5.41, 5.74) is 4.57. The van der Waals surface area contributed by atoms with Crippen LogP contribution in [0.15, 0.2) is 60.8 Å². The van der Waals surface area contributed by atoms with Crippen LogP contribution in [0.5, 0.6) is 5.75 Å². The minimum absolute atomic E-state index is 0.0470. The molecule has 1 aliphatic carbocycles. The lowest BCUT2D eigenvalue weighted by Gasteiger charge is -2.22. The maximum atomic E-state index is 13.7. The van der Waals surface area contributed by atoms with E-state index in [4.69, 9.17) is 9.47 Å². The van der Waals surface area contributed by atoms with Gasteiger partial charge in [-0.1, -0.05) is 24.3 Å². The lowest BCUT2D eigenvalue weighted by Crippen LogP contribution is -2.21. The molecule has 0 bridgehead atoms. The fourth-order valence-corrected chi connectivity index (χ4v) is 6.25. The van der Waals surface area contributed by atoms with Gasteiger partial charge in [-0.15, -0.1) is 11.8 Å². The number of pyridine rings is 2. The second-order valence-electron chi connectivity index (χ2n) is 9.62. The molecule has 2 aromatic heterocycles. The van der Waals surface area contributed by atoms with Crippen LogP contribution in [0.1, 0.15) is 53.1 Å². The van der Waals surface area contributed by atoms with E-state index in [1.54, 1.807) is 30.1 Å². The Morgan fingerprint density at radius 1 is 1.11 bits per heavy atom. The van der Waals surface area contributed by atoms with Gasteiger partial charge in [0.25, 0.3) is 0 Å². The maximum Gasteiger partial charge on any atom is 0.303 e. The number of ether oxygens (including phenoxy) is 2. The summed E-state index contributed by atoms with van der Waals surface area (Å²) in [6.45, 7) is 1.83. The molecule has 6 rings (SSSR count). The molecule has 1 atom stereocenters. The van der Waals surface area contributed by atoms with Gasteiger partial charge in [0, 0.05) is 35.9 Å². The van der Waals surface area contributed by atoms with Gasteiger partial charge in [-0.05, 0) is 60.4 Å². The lowest BCUT2D eigenvalue weighted by molar-refractivity contribution is -0.147. The molecule has 0 radical (unpaired) electrons. The predicted molar refractivity (Wildman–Crippen MR) is 144 cm³/mol. The first-order valence-electron chi connectivity index (χ1n) is 12.3. The van der Waals surface area contributed by atoms with Crippen LogP contribution in [0, 0.1) is 11.6 Å². The second kappa shape index (κ2) is 9.83. The van der Waals surface area contributed by atoms with E-state index in [9.17, 15) is 13.6 Å². The highest BCUT2D eigenvalue weighted by molar-refractivity contribution is 7.99. The molecule has 0 saturated heterocycles. The quantitative estimate of drug-likeness (QED) is 0.253. The third-order valence-electron chi connectivity index (χ3n) is 6.77. The molecule has 4 aromatic rings. The van der Waals surface area contributed by atoms with E-state index in [1.807, 2.05) is 30.4 Å². The molecule has 5 nitrogen and oxygen atoms in total. The molecule has 2 aliphatic rings. The number of rotatable bonds is 6. The van der Waals surface area contributed by atoms with Crippen molar-refractivity contribution >= 4 is 40.8 Å². The number of thioether (sulfide) groups is 1. The van der Waals surface area contributed by atoms with Gasteiger partial charge < -0.3 is 9.47 Å². The summed E-state index contributed by atoms with van der Waals surface area (Å²) < 4.78 is 39.0. The van der Waals surface area contributed by atoms with Crippen molar-refractivity contribution in [2.24, 2.45) is 0 Å². The average Bonchev–Trinajstić information content (AvgIpc) is 3.68. The summed E-state index contributed by atoms with van der Waals surface area (Å²) in [7, 11) is 0. The standard InChI is InChI=1S/C30H24F2N2O3S/c1-18(35)37-30(10-11-30)17-38-29-22-3-2-12-33-27(22)16-36-28-9-5-19(13-23(28)29)4-7-21-8-6-20-14-24(31)25(32)15-26(20)34-21/h2-9,12-15,29H,10-11,16-17H2,1H3/b7-4+. The summed E-state index contributed by atoms with van der Waals surface area (Å²) in [6.07, 6.45) is 7.29. The number of benzene rings is 2. The van der Waals surface area contributed by atoms with Gasteiger partial charge in [-0.25, -0.2) is 13.8 Å². The topological polar surface area (TPSA) is 61.3 Å². The van der Waals surface area contributed by atoms with Gasteiger partial charge in [0.2, 0.25) is 0 Å². The smallest absolute Gasteiger partial charge is 0.303 e. The van der Waals surface area contributed by atoms with E-state index in [2.05, 4.69) is 22.1 Å². The molecule has 0 spiro atoms. The molecule has 0 amide bonds. The van der Waals surface area contributed by atoms with Crippen LogP contribution in [0.3, 0.4) is 0 Å². The number of esters is 1. The Bertz CT molecular complexity index is 1590. The van der Waals surface area contributed by atoms with Crippen LogP contribution in [-0.4, -0.2) is 27.3 Å². The Labute approximate surface area is 222 Å². The first-order valence-corrected chi connectivity index (χ1v) is 13.4. The van der Waals surface area contributed by atoms with Crippen molar-refractivity contribution in [3.8, 4) is 5.75 Å². The number of carbonyl (C=O) groups is 1. The number of carbonyl (C=O) groups excluding carboxylic acids is 1. The maximum absolute atomic E-state index is 13.7. The van der Waals surface area contributed by atoms with Gasteiger partial charge in [0.15, 0.2) is 11.6 Å². The Morgan fingerprint density at radius 3 is 2.76 bits per heavy atom. The largest absolute Gasteiger partial charge is 0.487 e. The first kappa shape index (κ1) is 24.6. The minimum atomic E-state index is -0.920. The number of hydrogen-bond acceptors (Lipinski definition) is 6. The van der Waals surface area contributed by atoms with Crippen LogP contribution in [0.4, 0.5) is 8.78 Å². The number of fused-ring (bicyclic) bond motifs is 3. The molecule has 2 aromatic carbocycles. The molecule has 3 heterocycles. The molecule has 1 saturated carbocycles. The monoisotopic (exact) mass is 530 g/mol. The molecular formula is C30H24F2N2O3S. The van der Waals surface area contributed by atoms with Crippen molar-refractivity contribution < 1.29 is 23.0 Å². The van der Waals surface area contributed by atoms with Crippen molar-refractivity contribution in [1.82, 2.24) is 9.97 Å². The summed E-state index contributed by atoms with van der Waals surface area (Å²) in [5, 5.41) is 0.492. The summed E-state index contributed by atoms with van der Waals surface area (Å²) in [5.74, 6) is -0.589. The van der Waals surface area contributed by atoms with Gasteiger partial charge >= 0.3 is 5.97 Å². The third kappa shape index (κ3) is 5.00. The van der Waals surface area contributed by atoms with Crippen LogP contribution in [0.2, 0.25) is 0 Å². The highest BCUT2D eigenvalue weighted by Gasteiger charge is 2.47. The number of halogens is 2. The van der Waals surface area contributed by atoms with Crippen molar-refractivity contribution in [2.45, 2.75) is 37.2 Å². The van der Waals surface area contributed by atoms with Crippen LogP contribution >= 0.6 is 11.8 Å². The fourth-order valence-electron chi connectivity index (χ4n) is 4.67. The second-order valence-corrected chi connectivity index (χ2v) is 10.7. The van der Waals surface area contributed by atoms with Crippen molar-refractivity contribution in [1.29, 1.82) is 0 Å². The molecule has 0 N–H and O–H groups in total. The Kier molecular flexibility index (Phi) is 6.35. The van der Waals surface area contributed by atoms with E-state index in [0.29, 0.717) is 29.0 Å². The molecule has 38 heavy (non-hydrogen) atoms. The van der Waals surface area contributed by atoms with Crippen LogP contribution in [-0.2, 0) is 16.1 Å². The van der Waals surface area contributed by atoms with Gasteiger partial charge in [0.05, 0.1) is 22.2 Å². The highest BCUT2D eigenvalue weighted by Crippen LogP contribution is 2.50. The van der Waals surface area contributed by atoms with Gasteiger partial charge in [-0.2, -0.15) is 0 Å². The molecule has 8 heteroatoms. The van der Waals surface area contributed by atoms with Crippen LogP contribution in [0.25, 0.3) is 23.1 Å². The Morgan fingerprint density at radius 2 is 1.95 bits per heavy atom. The average molecular weight is 531 g/mol. The normalized spacial score (nSPS) is 17.4. The zero-order valence-corrected chi connectivity index (χ0v) is 21.4. The van der Waals surface area contributed by atoms with Crippen molar-refractivity contribution in [3.63, 3.8) is 0 Å². The van der Waals surface area contributed by atoms with E-state index in [-0.39, 0.29) is 11.2 Å². The molecular weight excluding hydrogens is 506 g/mol. The SMILES string of the molecule is CC(=O)OC1(CSC2c3cc(/C=C/c4ccc5cc(F)c(F)cc5n4)ccc3OCc3ncccc32)CC1. The van der Waals surface area contributed by atoms with Gasteiger partial charge in [-0.3, -0.25) is 9.78 Å². The Hall–Kier alpha value is -3.78. The summed E-state index contributed by atoms with van der Waals surface area (Å²) in [4.78, 5) is 20.6. The molecule has 192 valence electrons. The van der Waals surface area contributed by atoms with E-state index in [1.165, 1.54) is 6.92 Å². The number of aromatic nitrogens is 2. The minimum Gasteiger partial charge on any atom is -0.487 e. The summed E-state index contributed by atoms with van der Waals surface area (Å²) >= 11 is 1.73. The fraction of sp³-hybridized carbons (Fsp3) is 0.233. The third-order valence-corrected chi connectivity index (χ3v) is 8.30. The predicted octanol–water partition coefficient (Wildman–Crippen LogP) is 6.89. The van der Waals surface area contributed by atoms with Gasteiger partial charge in [0.1, 0.15) is 18.0 Å². The molecule has 1 aliphatic heterocycles. The number of nitrogens with zero attached hydrogens (tertiary/aromatic N) is 2.